The monoisotopic (exact) mass is 239 g/mol. The molecule has 3 heteroatoms. The van der Waals surface area contributed by atoms with Gasteiger partial charge in [-0.2, -0.15) is 0 Å². The normalized spacial score (nSPS) is 24.9. The topological polar surface area (TPSA) is 12.0 Å². The van der Waals surface area contributed by atoms with Crippen LogP contribution in [0.15, 0.2) is 18.2 Å². The first-order valence-electron chi connectivity index (χ1n) is 6.32. The summed E-state index contributed by atoms with van der Waals surface area (Å²) in [6.45, 7) is 0.948. The number of hydrogen-bond acceptors (Lipinski definition) is 1. The lowest BCUT2D eigenvalue weighted by Crippen LogP contribution is -2.27. The number of benzene rings is 1. The fraction of sp³-hybridized carbons (Fsp3) is 0.571. The van der Waals surface area contributed by atoms with Crippen LogP contribution >= 0.6 is 0 Å². The summed E-state index contributed by atoms with van der Waals surface area (Å²) >= 11 is 0. The smallest absolute Gasteiger partial charge is 0.159 e. The minimum Gasteiger partial charge on any atom is -0.319 e. The Bertz CT molecular complexity index is 376. The van der Waals surface area contributed by atoms with E-state index in [-0.39, 0.29) is 0 Å². The molecule has 17 heavy (non-hydrogen) atoms. The van der Waals surface area contributed by atoms with Gasteiger partial charge in [0, 0.05) is 0 Å². The second kappa shape index (κ2) is 5.58. The van der Waals surface area contributed by atoms with Crippen molar-refractivity contribution >= 4 is 0 Å². The van der Waals surface area contributed by atoms with E-state index in [2.05, 4.69) is 5.32 Å². The van der Waals surface area contributed by atoms with Crippen molar-refractivity contribution in [3.05, 3.63) is 35.4 Å². The van der Waals surface area contributed by atoms with Gasteiger partial charge in [0.05, 0.1) is 0 Å². The number of hydrogen-bond donors (Lipinski definition) is 1. The van der Waals surface area contributed by atoms with Crippen LogP contribution in [-0.4, -0.2) is 13.6 Å². The molecule has 0 spiro atoms. The lowest BCUT2D eigenvalue weighted by Gasteiger charge is -2.32. The van der Waals surface area contributed by atoms with E-state index in [0.717, 1.165) is 18.5 Å². The maximum Gasteiger partial charge on any atom is 0.159 e. The highest BCUT2D eigenvalue weighted by atomic mass is 19.2. The largest absolute Gasteiger partial charge is 0.319 e. The van der Waals surface area contributed by atoms with E-state index < -0.39 is 11.6 Å². The molecule has 0 aliphatic heterocycles. The Hall–Kier alpha value is -0.960. The van der Waals surface area contributed by atoms with Gasteiger partial charge in [-0.1, -0.05) is 18.9 Å². The quantitative estimate of drug-likeness (QED) is 0.851. The first-order chi connectivity index (χ1) is 8.22. The Labute approximate surface area is 101 Å². The highest BCUT2D eigenvalue weighted by molar-refractivity contribution is 5.23. The predicted octanol–water partition coefficient (Wildman–Crippen LogP) is 3.46. The van der Waals surface area contributed by atoms with E-state index in [4.69, 9.17) is 0 Å². The highest BCUT2D eigenvalue weighted by Crippen LogP contribution is 2.37. The van der Waals surface area contributed by atoms with Gasteiger partial charge in [0.2, 0.25) is 0 Å². The predicted molar refractivity (Wildman–Crippen MR) is 65.0 cm³/mol. The molecule has 0 saturated heterocycles. The molecule has 0 amide bonds. The average molecular weight is 239 g/mol. The summed E-state index contributed by atoms with van der Waals surface area (Å²) in [5, 5.41) is 3.20. The van der Waals surface area contributed by atoms with Gasteiger partial charge in [0.25, 0.3) is 0 Å². The molecule has 1 saturated carbocycles. The minimum absolute atomic E-state index is 0.367. The van der Waals surface area contributed by atoms with Crippen LogP contribution < -0.4 is 5.32 Å². The molecule has 0 heterocycles. The van der Waals surface area contributed by atoms with E-state index in [0.29, 0.717) is 11.8 Å². The van der Waals surface area contributed by atoms with Crippen LogP contribution in [0.3, 0.4) is 0 Å². The van der Waals surface area contributed by atoms with Crippen molar-refractivity contribution in [3.63, 3.8) is 0 Å². The fourth-order valence-corrected chi connectivity index (χ4v) is 2.90. The lowest BCUT2D eigenvalue weighted by molar-refractivity contribution is 0.300. The molecule has 94 valence electrons. The van der Waals surface area contributed by atoms with Crippen LogP contribution in [0, 0.1) is 17.6 Å². The minimum atomic E-state index is -0.755. The van der Waals surface area contributed by atoms with Crippen molar-refractivity contribution in [2.45, 2.75) is 31.6 Å². The summed E-state index contributed by atoms with van der Waals surface area (Å²) in [5.41, 5.74) is 0.948. The van der Waals surface area contributed by atoms with Gasteiger partial charge in [0.15, 0.2) is 11.6 Å². The van der Waals surface area contributed by atoms with Gasteiger partial charge in [-0.3, -0.25) is 0 Å². The summed E-state index contributed by atoms with van der Waals surface area (Å²) in [6, 6.07) is 4.35. The van der Waals surface area contributed by atoms with Gasteiger partial charge < -0.3 is 5.32 Å². The number of rotatable bonds is 3. The third-order valence-electron chi connectivity index (χ3n) is 3.75. The Morgan fingerprint density at radius 3 is 2.65 bits per heavy atom. The summed E-state index contributed by atoms with van der Waals surface area (Å²) in [6.07, 6.45) is 4.68. The van der Waals surface area contributed by atoms with Gasteiger partial charge in [-0.25, -0.2) is 8.78 Å². The molecule has 1 aromatic rings. The molecule has 1 nitrogen and oxygen atoms in total. The zero-order valence-electron chi connectivity index (χ0n) is 10.2. The van der Waals surface area contributed by atoms with Crippen molar-refractivity contribution in [2.75, 3.05) is 13.6 Å². The molecule has 1 aliphatic rings. The summed E-state index contributed by atoms with van der Waals surface area (Å²) in [7, 11) is 1.94. The van der Waals surface area contributed by atoms with E-state index in [9.17, 15) is 8.78 Å². The highest BCUT2D eigenvalue weighted by Gasteiger charge is 2.26. The molecule has 2 rings (SSSR count). The Kier molecular flexibility index (Phi) is 4.11. The van der Waals surface area contributed by atoms with Crippen molar-refractivity contribution in [2.24, 2.45) is 5.92 Å². The molecule has 1 N–H and O–H groups in total. The second-order valence-electron chi connectivity index (χ2n) is 4.88. The third-order valence-corrected chi connectivity index (χ3v) is 3.75. The first kappa shape index (κ1) is 12.5. The van der Waals surface area contributed by atoms with E-state index in [1.165, 1.54) is 31.4 Å². The zero-order chi connectivity index (χ0) is 12.3. The Morgan fingerprint density at radius 2 is 1.94 bits per heavy atom. The summed E-state index contributed by atoms with van der Waals surface area (Å²) in [5.74, 6) is -0.573. The second-order valence-corrected chi connectivity index (χ2v) is 4.88. The molecule has 2 atom stereocenters. The molecule has 2 unspecified atom stereocenters. The van der Waals surface area contributed by atoms with Crippen LogP contribution in [-0.2, 0) is 0 Å². The average Bonchev–Trinajstić information content (AvgIpc) is 2.34. The maximum atomic E-state index is 13.3. The summed E-state index contributed by atoms with van der Waals surface area (Å²) < 4.78 is 26.2. The van der Waals surface area contributed by atoms with E-state index in [1.54, 1.807) is 6.07 Å². The molecular formula is C14H19F2N. The van der Waals surface area contributed by atoms with Crippen molar-refractivity contribution in [1.29, 1.82) is 0 Å². The molecule has 1 fully saturated rings. The lowest BCUT2D eigenvalue weighted by atomic mass is 9.75. The first-order valence-corrected chi connectivity index (χ1v) is 6.32. The number of nitrogens with one attached hydrogen (secondary N) is 1. The van der Waals surface area contributed by atoms with Gasteiger partial charge in [0.1, 0.15) is 0 Å². The summed E-state index contributed by atoms with van der Waals surface area (Å²) in [4.78, 5) is 0. The number of halogens is 2. The van der Waals surface area contributed by atoms with Crippen molar-refractivity contribution in [1.82, 2.24) is 5.32 Å². The molecule has 1 aromatic carbocycles. The van der Waals surface area contributed by atoms with Crippen molar-refractivity contribution in [3.8, 4) is 0 Å². The van der Waals surface area contributed by atoms with E-state index in [1.807, 2.05) is 7.05 Å². The van der Waals surface area contributed by atoms with Gasteiger partial charge in [-0.15, -0.1) is 0 Å². The van der Waals surface area contributed by atoms with Crippen molar-refractivity contribution < 1.29 is 8.78 Å². The van der Waals surface area contributed by atoms with E-state index >= 15 is 0 Å². The molecule has 0 radical (unpaired) electrons. The maximum absolute atomic E-state index is 13.3. The molecule has 1 aliphatic carbocycles. The zero-order valence-corrected chi connectivity index (χ0v) is 10.2. The molecule has 0 bridgehead atoms. The van der Waals surface area contributed by atoms with Crippen LogP contribution in [0.2, 0.25) is 0 Å². The van der Waals surface area contributed by atoms with Gasteiger partial charge in [-0.05, 0) is 56.0 Å². The van der Waals surface area contributed by atoms with Crippen LogP contribution in [0.5, 0.6) is 0 Å². The Morgan fingerprint density at radius 1 is 1.18 bits per heavy atom. The third kappa shape index (κ3) is 2.83. The van der Waals surface area contributed by atoms with Gasteiger partial charge >= 0.3 is 0 Å². The molecule has 0 aromatic heterocycles. The Balaban J connectivity index is 2.20. The fourth-order valence-electron chi connectivity index (χ4n) is 2.90. The van der Waals surface area contributed by atoms with Crippen LogP contribution in [0.4, 0.5) is 8.78 Å². The SMILES string of the molecule is CNCC1CCCCC1c1ccc(F)c(F)c1. The van der Waals surface area contributed by atoms with Crippen LogP contribution in [0.25, 0.3) is 0 Å². The molecular weight excluding hydrogens is 220 g/mol. The van der Waals surface area contributed by atoms with Crippen LogP contribution in [0.1, 0.15) is 37.2 Å². The standard InChI is InChI=1S/C14H19F2N/c1-17-9-11-4-2-3-5-12(11)10-6-7-13(15)14(16)8-10/h6-8,11-12,17H,2-5,9H2,1H3.